The van der Waals surface area contributed by atoms with Gasteiger partial charge in [-0.25, -0.2) is 9.59 Å². The van der Waals surface area contributed by atoms with Crippen LogP contribution >= 0.6 is 0 Å². The molecule has 0 bridgehead atoms. The van der Waals surface area contributed by atoms with E-state index >= 15 is 0 Å². The van der Waals surface area contributed by atoms with Crippen LogP contribution in [0.1, 0.15) is 0 Å². The van der Waals surface area contributed by atoms with E-state index in [9.17, 15) is 19.2 Å². The molecular weight excluding hydrogens is 308 g/mol. The molecule has 3 N–H and O–H groups in total. The van der Waals surface area contributed by atoms with Crippen molar-refractivity contribution in [2.45, 2.75) is 6.54 Å². The van der Waals surface area contributed by atoms with Gasteiger partial charge in [-0.3, -0.25) is 14.9 Å². The fourth-order valence-corrected chi connectivity index (χ4v) is 1.59. The van der Waals surface area contributed by atoms with Crippen molar-refractivity contribution in [3.63, 3.8) is 0 Å². The number of primary amides is 1. The third-order valence-electron chi connectivity index (χ3n) is 2.53. The van der Waals surface area contributed by atoms with Crippen molar-refractivity contribution in [2.75, 3.05) is 6.61 Å². The molecule has 0 fully saturated rings. The van der Waals surface area contributed by atoms with Crippen molar-refractivity contribution in [2.24, 2.45) is 5.73 Å². The van der Waals surface area contributed by atoms with Gasteiger partial charge in [0.1, 0.15) is 6.54 Å². The summed E-state index contributed by atoms with van der Waals surface area (Å²) in [5.74, 6) is -2.58. The molecule has 0 saturated heterocycles. The topological polar surface area (TPSA) is 147 Å². The van der Waals surface area contributed by atoms with Gasteiger partial charge in [0.05, 0.1) is 0 Å². The van der Waals surface area contributed by atoms with Crippen molar-refractivity contribution >= 4 is 17.9 Å². The normalized spacial score (nSPS) is 10.1. The number of urea groups is 1. The molecule has 0 aliphatic rings. The quantitative estimate of drug-likeness (QED) is 0.688. The number of hydrogen-bond acceptors (Lipinski definition) is 7. The average Bonchev–Trinajstić information content (AvgIpc) is 2.86. The van der Waals surface area contributed by atoms with Gasteiger partial charge < -0.3 is 14.9 Å². The van der Waals surface area contributed by atoms with E-state index in [1.807, 2.05) is 0 Å². The fraction of sp³-hybridized carbons (Fsp3) is 0.154. The van der Waals surface area contributed by atoms with Gasteiger partial charge >= 0.3 is 17.8 Å². The Labute approximate surface area is 128 Å². The summed E-state index contributed by atoms with van der Waals surface area (Å²) in [5.41, 5.74) is 5.29. The zero-order chi connectivity index (χ0) is 16.8. The number of nitrogens with one attached hydrogen (secondary N) is 1. The largest absolute Gasteiger partial charge is 0.454 e. The number of esters is 1. The monoisotopic (exact) mass is 320 g/mol. The van der Waals surface area contributed by atoms with Gasteiger partial charge in [0.15, 0.2) is 6.61 Å². The number of carbonyl (C=O) groups excluding carboxylic acids is 3. The second kappa shape index (κ2) is 7.02. The van der Waals surface area contributed by atoms with Gasteiger partial charge in [-0.1, -0.05) is 18.2 Å². The number of nitrogens with zero attached hydrogens (tertiary/aromatic N) is 2. The van der Waals surface area contributed by atoms with Crippen LogP contribution in [0.2, 0.25) is 0 Å². The summed E-state index contributed by atoms with van der Waals surface area (Å²) in [6.45, 7) is -1.25. The molecule has 0 radical (unpaired) electrons. The highest BCUT2D eigenvalue weighted by Crippen LogP contribution is 2.13. The SMILES string of the molecule is NC(=O)NC(=O)COC(=O)Cn1nc(-c2ccccc2)oc1=O. The molecule has 10 heteroatoms. The van der Waals surface area contributed by atoms with Gasteiger partial charge in [0.2, 0.25) is 5.89 Å². The summed E-state index contributed by atoms with van der Waals surface area (Å²) in [7, 11) is 0. The molecule has 3 amide bonds. The van der Waals surface area contributed by atoms with Crippen LogP contribution in [0.3, 0.4) is 0 Å². The summed E-state index contributed by atoms with van der Waals surface area (Å²) >= 11 is 0. The standard InChI is InChI=1S/C13H12N4O6/c14-12(20)15-9(18)7-22-10(19)6-17-13(21)23-11(16-17)8-4-2-1-3-5-8/h1-5H,6-7H2,(H3,14,15,18,20). The number of aromatic nitrogens is 2. The molecule has 0 aliphatic carbocycles. The van der Waals surface area contributed by atoms with Crippen molar-refractivity contribution in [1.29, 1.82) is 0 Å². The third-order valence-corrected chi connectivity index (χ3v) is 2.53. The van der Waals surface area contributed by atoms with E-state index in [0.717, 1.165) is 4.68 Å². The number of hydrogen-bond donors (Lipinski definition) is 2. The summed E-state index contributed by atoms with van der Waals surface area (Å²) in [5, 5.41) is 5.58. The van der Waals surface area contributed by atoms with Gasteiger partial charge in [0, 0.05) is 5.56 Å². The number of amides is 3. The molecule has 0 spiro atoms. The van der Waals surface area contributed by atoms with Crippen LogP contribution in [0.5, 0.6) is 0 Å². The zero-order valence-electron chi connectivity index (χ0n) is 11.7. The Bertz CT molecular complexity index is 779. The fourth-order valence-electron chi connectivity index (χ4n) is 1.59. The van der Waals surface area contributed by atoms with Crippen LogP contribution in [0, 0.1) is 0 Å². The van der Waals surface area contributed by atoms with E-state index in [0.29, 0.717) is 5.56 Å². The van der Waals surface area contributed by atoms with Crippen LogP contribution < -0.4 is 16.8 Å². The Hall–Kier alpha value is -3.43. The number of rotatable bonds is 5. The molecule has 120 valence electrons. The van der Waals surface area contributed by atoms with Gasteiger partial charge in [-0.2, -0.15) is 4.68 Å². The lowest BCUT2D eigenvalue weighted by molar-refractivity contribution is -0.149. The van der Waals surface area contributed by atoms with Crippen LogP contribution in [0.4, 0.5) is 4.79 Å². The molecule has 2 aromatic rings. The number of carbonyl (C=O) groups is 3. The van der Waals surface area contributed by atoms with Crippen molar-refractivity contribution in [1.82, 2.24) is 15.1 Å². The number of benzene rings is 1. The van der Waals surface area contributed by atoms with Gasteiger partial charge in [-0.05, 0) is 12.1 Å². The molecule has 1 aromatic heterocycles. The number of nitrogens with two attached hydrogens (primary N) is 1. The highest BCUT2D eigenvalue weighted by atomic mass is 16.5. The minimum absolute atomic E-state index is 0.0508. The second-order valence-electron chi connectivity index (χ2n) is 4.27. The number of imide groups is 1. The van der Waals surface area contributed by atoms with Crippen LogP contribution in [-0.4, -0.2) is 34.3 Å². The van der Waals surface area contributed by atoms with Crippen molar-refractivity contribution in [3.8, 4) is 11.5 Å². The summed E-state index contributed by atoms with van der Waals surface area (Å²) < 4.78 is 10.3. The van der Waals surface area contributed by atoms with E-state index in [1.54, 1.807) is 35.6 Å². The van der Waals surface area contributed by atoms with E-state index in [2.05, 4.69) is 9.84 Å². The van der Waals surface area contributed by atoms with E-state index in [4.69, 9.17) is 10.2 Å². The minimum Gasteiger partial charge on any atom is -0.454 e. The first-order chi connectivity index (χ1) is 11.0. The molecule has 0 unspecified atom stereocenters. The Morgan fingerprint density at radius 1 is 1.26 bits per heavy atom. The maximum Gasteiger partial charge on any atom is 0.437 e. The van der Waals surface area contributed by atoms with Crippen LogP contribution in [0.25, 0.3) is 11.5 Å². The van der Waals surface area contributed by atoms with E-state index in [1.165, 1.54) is 0 Å². The van der Waals surface area contributed by atoms with Crippen LogP contribution in [0.15, 0.2) is 39.5 Å². The first-order valence-corrected chi connectivity index (χ1v) is 6.34. The first kappa shape index (κ1) is 15.9. The van der Waals surface area contributed by atoms with Crippen LogP contribution in [-0.2, 0) is 20.9 Å². The molecule has 10 nitrogen and oxygen atoms in total. The maximum atomic E-state index is 11.6. The Morgan fingerprint density at radius 2 is 1.96 bits per heavy atom. The molecule has 1 aromatic carbocycles. The molecule has 23 heavy (non-hydrogen) atoms. The maximum absolute atomic E-state index is 11.6. The highest BCUT2D eigenvalue weighted by Gasteiger charge is 2.15. The Kier molecular flexibility index (Phi) is 4.87. The van der Waals surface area contributed by atoms with Gasteiger partial charge in [0.25, 0.3) is 5.91 Å². The molecule has 0 atom stereocenters. The lowest BCUT2D eigenvalue weighted by atomic mass is 10.2. The second-order valence-corrected chi connectivity index (χ2v) is 4.27. The molecule has 2 rings (SSSR count). The molecule has 0 aliphatic heterocycles. The predicted octanol–water partition coefficient (Wildman–Crippen LogP) is -0.759. The lowest BCUT2D eigenvalue weighted by Crippen LogP contribution is -2.38. The summed E-state index contributed by atoms with van der Waals surface area (Å²) in [6, 6.07) is 7.56. The lowest BCUT2D eigenvalue weighted by Gasteiger charge is -2.03. The van der Waals surface area contributed by atoms with E-state index < -0.39 is 36.8 Å². The van der Waals surface area contributed by atoms with E-state index in [-0.39, 0.29) is 5.89 Å². The predicted molar refractivity (Wildman–Crippen MR) is 74.9 cm³/mol. The minimum atomic E-state index is -1.06. The summed E-state index contributed by atoms with van der Waals surface area (Å²) in [6.07, 6.45) is 0. The molecule has 0 saturated carbocycles. The smallest absolute Gasteiger partial charge is 0.437 e. The Balaban J connectivity index is 1.97. The average molecular weight is 320 g/mol. The molecular formula is C13H12N4O6. The summed E-state index contributed by atoms with van der Waals surface area (Å²) in [4.78, 5) is 44.6. The van der Waals surface area contributed by atoms with Gasteiger partial charge in [-0.15, -0.1) is 5.10 Å². The number of ether oxygens (including phenoxy) is 1. The highest BCUT2D eigenvalue weighted by molar-refractivity contribution is 5.94. The first-order valence-electron chi connectivity index (χ1n) is 6.34. The zero-order valence-corrected chi connectivity index (χ0v) is 11.7. The third kappa shape index (κ3) is 4.52. The molecule has 1 heterocycles. The van der Waals surface area contributed by atoms with Crippen molar-refractivity contribution < 1.29 is 23.5 Å². The van der Waals surface area contributed by atoms with Crippen molar-refractivity contribution in [3.05, 3.63) is 40.9 Å². The Morgan fingerprint density at radius 3 is 2.61 bits per heavy atom.